The number of sulfonamides is 1. The van der Waals surface area contributed by atoms with Crippen molar-refractivity contribution in [3.8, 4) is 0 Å². The van der Waals surface area contributed by atoms with Crippen LogP contribution in [0.5, 0.6) is 0 Å². The number of ether oxygens (including phenoxy) is 1. The Morgan fingerprint density at radius 1 is 1.17 bits per heavy atom. The molecule has 0 unspecified atom stereocenters. The third-order valence-corrected chi connectivity index (χ3v) is 3.76. The first kappa shape index (κ1) is 14.8. The highest BCUT2D eigenvalue weighted by Crippen LogP contribution is 2.14. The third kappa shape index (κ3) is 5.37. The number of benzene rings is 1. The van der Waals surface area contributed by atoms with Crippen LogP contribution in [0.3, 0.4) is 0 Å². The van der Waals surface area contributed by atoms with E-state index in [1.54, 1.807) is 19.2 Å². The number of nitrogens with one attached hydrogen (secondary N) is 2. The van der Waals surface area contributed by atoms with Crippen molar-refractivity contribution in [1.29, 1.82) is 0 Å². The average Bonchev–Trinajstić information content (AvgIpc) is 2.31. The van der Waals surface area contributed by atoms with Crippen molar-refractivity contribution in [3.05, 3.63) is 24.3 Å². The predicted octanol–water partition coefficient (Wildman–Crippen LogP) is 1.90. The Morgan fingerprint density at radius 3 is 2.33 bits per heavy atom. The largest absolute Gasteiger partial charge is 0.383 e. The molecule has 5 nitrogen and oxygen atoms in total. The maximum absolute atomic E-state index is 11.6. The number of anilines is 2. The van der Waals surface area contributed by atoms with Crippen LogP contribution in [0.1, 0.15) is 13.3 Å². The molecule has 0 aliphatic carbocycles. The summed E-state index contributed by atoms with van der Waals surface area (Å²) < 4.78 is 30.6. The Morgan fingerprint density at radius 2 is 1.78 bits per heavy atom. The van der Waals surface area contributed by atoms with Crippen LogP contribution in [0.4, 0.5) is 11.4 Å². The van der Waals surface area contributed by atoms with Crippen LogP contribution in [0.2, 0.25) is 0 Å². The summed E-state index contributed by atoms with van der Waals surface area (Å²) in [6.45, 7) is 3.18. The molecule has 0 saturated carbocycles. The minimum atomic E-state index is -3.21. The number of hydrogen-bond donors (Lipinski definition) is 2. The zero-order valence-electron chi connectivity index (χ0n) is 10.8. The van der Waals surface area contributed by atoms with Gasteiger partial charge in [0.2, 0.25) is 10.0 Å². The van der Waals surface area contributed by atoms with Gasteiger partial charge < -0.3 is 10.1 Å². The smallest absolute Gasteiger partial charge is 0.232 e. The van der Waals surface area contributed by atoms with E-state index in [1.807, 2.05) is 19.1 Å². The molecule has 6 heteroatoms. The highest BCUT2D eigenvalue weighted by molar-refractivity contribution is 7.92. The molecule has 0 amide bonds. The second-order valence-corrected chi connectivity index (χ2v) is 5.76. The normalized spacial score (nSPS) is 11.2. The van der Waals surface area contributed by atoms with Crippen LogP contribution in [0.25, 0.3) is 0 Å². The third-order valence-electron chi connectivity index (χ3n) is 2.27. The monoisotopic (exact) mass is 272 g/mol. The van der Waals surface area contributed by atoms with Crippen molar-refractivity contribution < 1.29 is 13.2 Å². The van der Waals surface area contributed by atoms with Crippen molar-refractivity contribution >= 4 is 21.4 Å². The average molecular weight is 272 g/mol. The van der Waals surface area contributed by atoms with Crippen LogP contribution in [0, 0.1) is 0 Å². The lowest BCUT2D eigenvalue weighted by Gasteiger charge is -2.09. The van der Waals surface area contributed by atoms with E-state index in [0.29, 0.717) is 18.7 Å². The summed E-state index contributed by atoms with van der Waals surface area (Å²) in [6, 6.07) is 7.14. The summed E-state index contributed by atoms with van der Waals surface area (Å²) in [5.74, 6) is 0.140. The summed E-state index contributed by atoms with van der Waals surface area (Å²) in [4.78, 5) is 0. The minimum Gasteiger partial charge on any atom is -0.383 e. The van der Waals surface area contributed by atoms with Crippen LogP contribution in [0.15, 0.2) is 24.3 Å². The molecule has 0 fully saturated rings. The molecule has 0 spiro atoms. The highest BCUT2D eigenvalue weighted by Gasteiger charge is 2.08. The Hall–Kier alpha value is -1.27. The zero-order valence-corrected chi connectivity index (χ0v) is 11.6. The Kier molecular flexibility index (Phi) is 5.94. The molecule has 102 valence electrons. The lowest BCUT2D eigenvalue weighted by atomic mass is 10.3. The van der Waals surface area contributed by atoms with Crippen molar-refractivity contribution in [3.63, 3.8) is 0 Å². The van der Waals surface area contributed by atoms with Crippen LogP contribution >= 0.6 is 0 Å². The van der Waals surface area contributed by atoms with Gasteiger partial charge in [0.1, 0.15) is 0 Å². The van der Waals surface area contributed by atoms with Gasteiger partial charge in [-0.25, -0.2) is 8.42 Å². The number of hydrogen-bond acceptors (Lipinski definition) is 4. The van der Waals surface area contributed by atoms with E-state index >= 15 is 0 Å². The molecule has 0 aliphatic rings. The van der Waals surface area contributed by atoms with Gasteiger partial charge in [0, 0.05) is 25.0 Å². The van der Waals surface area contributed by atoms with Gasteiger partial charge in [0.25, 0.3) is 0 Å². The van der Waals surface area contributed by atoms with Gasteiger partial charge in [-0.15, -0.1) is 0 Å². The van der Waals surface area contributed by atoms with Gasteiger partial charge >= 0.3 is 0 Å². The van der Waals surface area contributed by atoms with E-state index in [1.165, 1.54) is 0 Å². The second kappa shape index (κ2) is 7.23. The molecule has 0 bridgehead atoms. The first-order valence-corrected chi connectivity index (χ1v) is 7.56. The second-order valence-electron chi connectivity index (χ2n) is 3.92. The molecular formula is C12H20N2O3S. The van der Waals surface area contributed by atoms with E-state index < -0.39 is 10.0 Å². The lowest BCUT2D eigenvalue weighted by Crippen LogP contribution is -2.16. The maximum Gasteiger partial charge on any atom is 0.232 e. The molecule has 1 aromatic carbocycles. The van der Waals surface area contributed by atoms with E-state index in [2.05, 4.69) is 10.0 Å². The molecule has 0 atom stereocenters. The molecule has 0 aromatic heterocycles. The molecule has 0 radical (unpaired) electrons. The van der Waals surface area contributed by atoms with Crippen molar-refractivity contribution in [2.24, 2.45) is 0 Å². The molecular weight excluding hydrogens is 252 g/mol. The molecule has 0 aliphatic heterocycles. The Balaban J connectivity index is 2.55. The standard InChI is InChI=1S/C12H20N2O3S/c1-3-10-18(15,16)14-12-6-4-11(5-7-12)13-8-9-17-2/h4-7,13-14H,3,8-10H2,1-2H3. The first-order valence-electron chi connectivity index (χ1n) is 5.91. The van der Waals surface area contributed by atoms with Gasteiger partial charge in [0.15, 0.2) is 0 Å². The maximum atomic E-state index is 11.6. The summed E-state index contributed by atoms with van der Waals surface area (Å²) in [6.07, 6.45) is 0.603. The summed E-state index contributed by atoms with van der Waals surface area (Å²) in [7, 11) is -1.56. The summed E-state index contributed by atoms with van der Waals surface area (Å²) in [5.41, 5.74) is 1.52. The fraction of sp³-hybridized carbons (Fsp3) is 0.500. The van der Waals surface area contributed by atoms with E-state index in [-0.39, 0.29) is 5.75 Å². The Labute approximate surface area is 109 Å². The van der Waals surface area contributed by atoms with Crippen LogP contribution in [-0.2, 0) is 14.8 Å². The van der Waals surface area contributed by atoms with E-state index in [9.17, 15) is 8.42 Å². The summed E-state index contributed by atoms with van der Waals surface area (Å²) >= 11 is 0. The Bertz CT molecular complexity index is 443. The lowest BCUT2D eigenvalue weighted by molar-refractivity contribution is 0.211. The van der Waals surface area contributed by atoms with Crippen molar-refractivity contribution in [2.75, 3.05) is 36.1 Å². The molecule has 1 aromatic rings. The highest BCUT2D eigenvalue weighted by atomic mass is 32.2. The van der Waals surface area contributed by atoms with Crippen LogP contribution in [-0.4, -0.2) is 34.4 Å². The number of rotatable bonds is 8. The zero-order chi connectivity index (χ0) is 13.4. The fourth-order valence-electron chi connectivity index (χ4n) is 1.45. The van der Waals surface area contributed by atoms with Gasteiger partial charge in [-0.1, -0.05) is 6.92 Å². The SMILES string of the molecule is CCCS(=O)(=O)Nc1ccc(NCCOC)cc1. The van der Waals surface area contributed by atoms with Crippen molar-refractivity contribution in [1.82, 2.24) is 0 Å². The van der Waals surface area contributed by atoms with Gasteiger partial charge in [-0.3, -0.25) is 4.72 Å². The molecule has 0 heterocycles. The minimum absolute atomic E-state index is 0.140. The molecule has 18 heavy (non-hydrogen) atoms. The topological polar surface area (TPSA) is 67.4 Å². The van der Waals surface area contributed by atoms with Gasteiger partial charge in [-0.2, -0.15) is 0 Å². The molecule has 2 N–H and O–H groups in total. The first-order chi connectivity index (χ1) is 8.57. The van der Waals surface area contributed by atoms with Gasteiger partial charge in [0.05, 0.1) is 12.4 Å². The molecule has 1 rings (SSSR count). The van der Waals surface area contributed by atoms with Gasteiger partial charge in [-0.05, 0) is 30.7 Å². The van der Waals surface area contributed by atoms with Crippen molar-refractivity contribution in [2.45, 2.75) is 13.3 Å². The van der Waals surface area contributed by atoms with Crippen LogP contribution < -0.4 is 10.0 Å². The quantitative estimate of drug-likeness (QED) is 0.709. The van der Waals surface area contributed by atoms with E-state index in [4.69, 9.17) is 4.74 Å². The fourth-order valence-corrected chi connectivity index (χ4v) is 2.59. The number of methoxy groups -OCH3 is 1. The predicted molar refractivity (Wildman–Crippen MR) is 74.5 cm³/mol. The molecule has 0 saturated heterocycles. The summed E-state index contributed by atoms with van der Waals surface area (Å²) in [5, 5.41) is 3.16. The van der Waals surface area contributed by atoms with E-state index in [0.717, 1.165) is 12.2 Å².